The zero-order valence-corrected chi connectivity index (χ0v) is 21.6. The number of benzene rings is 1. The van der Waals surface area contributed by atoms with Crippen molar-refractivity contribution in [2.45, 2.75) is 33.7 Å². The number of esters is 1. The van der Waals surface area contributed by atoms with Gasteiger partial charge in [-0.3, -0.25) is 14.0 Å². The molecule has 0 radical (unpaired) electrons. The summed E-state index contributed by atoms with van der Waals surface area (Å²) in [5.41, 5.74) is 1.53. The van der Waals surface area contributed by atoms with Crippen LogP contribution < -0.4 is 11.0 Å². The van der Waals surface area contributed by atoms with Crippen LogP contribution in [0.5, 0.6) is 0 Å². The molecule has 37 heavy (non-hydrogen) atoms. The third kappa shape index (κ3) is 5.47. The third-order valence-electron chi connectivity index (χ3n) is 5.75. The van der Waals surface area contributed by atoms with Crippen molar-refractivity contribution in [1.82, 2.24) is 14.0 Å². The lowest BCUT2D eigenvalue weighted by Gasteiger charge is -2.15. The molecule has 9 nitrogen and oxygen atoms in total. The van der Waals surface area contributed by atoms with Gasteiger partial charge in [0.2, 0.25) is 0 Å². The lowest BCUT2D eigenvalue weighted by Crippen LogP contribution is -2.33. The average molecular weight is 523 g/mol. The molecule has 0 atom stereocenters. The third-order valence-corrected chi connectivity index (χ3v) is 5.99. The van der Waals surface area contributed by atoms with Gasteiger partial charge in [0.15, 0.2) is 5.49 Å². The molecule has 3 aromatic heterocycles. The van der Waals surface area contributed by atoms with E-state index in [4.69, 9.17) is 26.1 Å². The Balaban J connectivity index is 2.09. The zero-order chi connectivity index (χ0) is 26.5. The van der Waals surface area contributed by atoms with Crippen LogP contribution in [-0.4, -0.2) is 45.6 Å². The zero-order valence-electron chi connectivity index (χ0n) is 20.9. The van der Waals surface area contributed by atoms with Crippen molar-refractivity contribution in [3.8, 4) is 0 Å². The Bertz CT molecular complexity index is 1620. The second kappa shape index (κ2) is 11.5. The summed E-state index contributed by atoms with van der Waals surface area (Å²) < 4.78 is 13.8. The number of amides is 1. The van der Waals surface area contributed by atoms with Crippen LogP contribution in [0.1, 0.15) is 46.5 Å². The number of ether oxygens (including phenoxy) is 2. The molecule has 0 saturated carbocycles. The maximum absolute atomic E-state index is 13.5. The number of hydrogen-bond donors (Lipinski definition) is 0. The Morgan fingerprint density at radius 3 is 2.62 bits per heavy atom. The van der Waals surface area contributed by atoms with E-state index in [1.165, 1.54) is 16.5 Å². The first kappa shape index (κ1) is 26.2. The molecule has 0 saturated heterocycles. The van der Waals surface area contributed by atoms with Crippen molar-refractivity contribution in [2.75, 3.05) is 19.8 Å². The quantitative estimate of drug-likeness (QED) is 0.197. The molecule has 192 valence electrons. The summed E-state index contributed by atoms with van der Waals surface area (Å²) in [7, 11) is 0. The van der Waals surface area contributed by atoms with Gasteiger partial charge in [-0.25, -0.2) is 9.78 Å². The highest BCUT2D eigenvalue weighted by atomic mass is 35.5. The van der Waals surface area contributed by atoms with E-state index in [2.05, 4.69) is 4.99 Å². The summed E-state index contributed by atoms with van der Waals surface area (Å²) in [4.78, 5) is 48.9. The predicted molar refractivity (Wildman–Crippen MR) is 140 cm³/mol. The van der Waals surface area contributed by atoms with Crippen LogP contribution in [0.2, 0.25) is 5.02 Å². The normalized spacial score (nSPS) is 11.8. The number of halogens is 1. The SMILES string of the molecule is CCOCCCn1c(=NC(=O)c2cccc(Cl)c2)c(C(=O)OCC)cc2c(=O)n3cccc(C)c3nc21. The van der Waals surface area contributed by atoms with Gasteiger partial charge in [-0.1, -0.05) is 23.7 Å². The molecule has 4 aromatic rings. The lowest BCUT2D eigenvalue weighted by molar-refractivity contribution is 0.0523. The standard InChI is InChI=1S/C27H27ClN4O5/c1-4-36-14-8-13-31-23-20(26(34)32-12-7-9-17(3)22(32)29-23)16-21(27(35)37-5-2)24(31)30-25(33)18-10-6-11-19(28)15-18/h6-7,9-12,15-16H,4-5,8,13-14H2,1-3H3. The molecule has 0 N–H and O–H groups in total. The maximum Gasteiger partial charge on any atom is 0.341 e. The van der Waals surface area contributed by atoms with Crippen molar-refractivity contribution in [3.05, 3.63) is 86.2 Å². The highest BCUT2D eigenvalue weighted by Gasteiger charge is 2.20. The fraction of sp³-hybridized carbons (Fsp3) is 0.296. The summed E-state index contributed by atoms with van der Waals surface area (Å²) in [5, 5.41) is 0.586. The second-order valence-electron chi connectivity index (χ2n) is 8.27. The first-order valence-corrected chi connectivity index (χ1v) is 12.4. The summed E-state index contributed by atoms with van der Waals surface area (Å²) in [6, 6.07) is 11.4. The highest BCUT2D eigenvalue weighted by Crippen LogP contribution is 2.15. The van der Waals surface area contributed by atoms with Crippen LogP contribution in [0.15, 0.2) is 58.4 Å². The second-order valence-corrected chi connectivity index (χ2v) is 8.71. The van der Waals surface area contributed by atoms with Gasteiger partial charge in [0.1, 0.15) is 16.9 Å². The van der Waals surface area contributed by atoms with Gasteiger partial charge >= 0.3 is 5.97 Å². The van der Waals surface area contributed by atoms with E-state index in [-0.39, 0.29) is 34.2 Å². The Labute approximate surface area is 218 Å². The van der Waals surface area contributed by atoms with E-state index in [1.807, 2.05) is 19.9 Å². The molecular formula is C27H27ClN4O5. The molecule has 1 aromatic carbocycles. The molecule has 0 aliphatic heterocycles. The van der Waals surface area contributed by atoms with Gasteiger partial charge in [-0.15, -0.1) is 0 Å². The first-order valence-electron chi connectivity index (χ1n) is 12.0. The van der Waals surface area contributed by atoms with Gasteiger partial charge in [0.25, 0.3) is 11.5 Å². The summed E-state index contributed by atoms with van der Waals surface area (Å²) in [5.74, 6) is -1.30. The minimum Gasteiger partial charge on any atom is -0.462 e. The van der Waals surface area contributed by atoms with E-state index < -0.39 is 11.9 Å². The Morgan fingerprint density at radius 2 is 1.89 bits per heavy atom. The number of carbonyl (C=O) groups excluding carboxylic acids is 2. The number of nitrogens with zero attached hydrogens (tertiary/aromatic N) is 4. The van der Waals surface area contributed by atoms with Gasteiger partial charge in [0.05, 0.1) is 12.0 Å². The number of hydrogen-bond acceptors (Lipinski definition) is 6. The van der Waals surface area contributed by atoms with Gasteiger partial charge in [-0.2, -0.15) is 4.99 Å². The molecule has 3 heterocycles. The van der Waals surface area contributed by atoms with Crippen LogP contribution in [-0.2, 0) is 16.0 Å². The average Bonchev–Trinajstić information content (AvgIpc) is 2.88. The number of aryl methyl sites for hydroxylation is 2. The number of aromatic nitrogens is 3. The van der Waals surface area contributed by atoms with Gasteiger partial charge in [-0.05, 0) is 63.1 Å². The van der Waals surface area contributed by atoms with Crippen LogP contribution >= 0.6 is 11.6 Å². The molecule has 0 aliphatic carbocycles. The molecular weight excluding hydrogens is 496 g/mol. The minimum atomic E-state index is -0.700. The fourth-order valence-corrected chi connectivity index (χ4v) is 4.22. The molecule has 0 unspecified atom stereocenters. The van der Waals surface area contributed by atoms with Crippen LogP contribution in [0.4, 0.5) is 0 Å². The van der Waals surface area contributed by atoms with Crippen molar-refractivity contribution in [3.63, 3.8) is 0 Å². The first-order chi connectivity index (χ1) is 17.8. The Kier molecular flexibility index (Phi) is 8.15. The van der Waals surface area contributed by atoms with Crippen LogP contribution in [0, 0.1) is 6.92 Å². The van der Waals surface area contributed by atoms with E-state index in [9.17, 15) is 14.4 Å². The molecule has 10 heteroatoms. The fourth-order valence-electron chi connectivity index (χ4n) is 4.03. The lowest BCUT2D eigenvalue weighted by atomic mass is 10.2. The number of pyridine rings is 2. The van der Waals surface area contributed by atoms with Gasteiger partial charge in [0, 0.05) is 36.5 Å². The topological polar surface area (TPSA) is 104 Å². The molecule has 0 fully saturated rings. The number of fused-ring (bicyclic) bond motifs is 2. The van der Waals surface area contributed by atoms with Crippen molar-refractivity contribution < 1.29 is 19.1 Å². The largest absolute Gasteiger partial charge is 0.462 e. The minimum absolute atomic E-state index is 0.00681. The van der Waals surface area contributed by atoms with E-state index >= 15 is 0 Å². The number of carbonyl (C=O) groups is 2. The van der Waals surface area contributed by atoms with E-state index in [0.29, 0.717) is 42.5 Å². The molecule has 4 rings (SSSR count). The highest BCUT2D eigenvalue weighted by molar-refractivity contribution is 6.31. The van der Waals surface area contributed by atoms with Crippen molar-refractivity contribution in [2.24, 2.45) is 4.99 Å². The molecule has 0 aliphatic rings. The van der Waals surface area contributed by atoms with Crippen LogP contribution in [0.3, 0.4) is 0 Å². The predicted octanol–water partition coefficient (Wildman–Crippen LogP) is 3.96. The van der Waals surface area contributed by atoms with Crippen molar-refractivity contribution >= 4 is 40.2 Å². The summed E-state index contributed by atoms with van der Waals surface area (Å²) >= 11 is 6.08. The maximum atomic E-state index is 13.5. The summed E-state index contributed by atoms with van der Waals surface area (Å²) in [6.07, 6.45) is 2.16. The number of rotatable bonds is 8. The van der Waals surface area contributed by atoms with Crippen molar-refractivity contribution in [1.29, 1.82) is 0 Å². The Morgan fingerprint density at radius 1 is 1.08 bits per heavy atom. The molecule has 0 spiro atoms. The smallest absolute Gasteiger partial charge is 0.341 e. The monoisotopic (exact) mass is 522 g/mol. The summed E-state index contributed by atoms with van der Waals surface area (Å²) in [6.45, 7) is 6.80. The molecule has 1 amide bonds. The van der Waals surface area contributed by atoms with Gasteiger partial charge < -0.3 is 14.0 Å². The van der Waals surface area contributed by atoms with E-state index in [0.717, 1.165) is 5.56 Å². The van der Waals surface area contributed by atoms with E-state index in [1.54, 1.807) is 42.0 Å². The Hall–Kier alpha value is -3.82. The molecule has 0 bridgehead atoms. The van der Waals surface area contributed by atoms with Crippen LogP contribution in [0.25, 0.3) is 16.7 Å².